The first-order valence-electron chi connectivity index (χ1n) is 23.7. The maximum absolute atomic E-state index is 13.6. The summed E-state index contributed by atoms with van der Waals surface area (Å²) in [5, 5.41) is 0. The van der Waals surface area contributed by atoms with Gasteiger partial charge in [-0.2, -0.15) is 8.78 Å². The molecule has 0 aliphatic heterocycles. The number of rotatable bonds is 49. The molecule has 0 aromatic heterocycles. The van der Waals surface area contributed by atoms with Gasteiger partial charge in [0.05, 0.1) is 165 Å². The molecule has 0 saturated heterocycles. The SMILES string of the molecule is CCCCCCCCCc1ccc(OCCOCCOCCOCCOCCOCCOCCOCCOCCOCCOCCOCCOCCC(=O)Oc2c(F)c(F)c(F)c(F)c2F)cc1. The van der Waals surface area contributed by atoms with E-state index >= 15 is 0 Å². The summed E-state index contributed by atoms with van der Waals surface area (Å²) in [7, 11) is 0. The van der Waals surface area contributed by atoms with E-state index in [4.69, 9.17) is 61.6 Å². The monoisotopic (exact) mass is 987 g/mol. The normalized spacial score (nSPS) is 11.5. The quantitative estimate of drug-likeness (QED) is 0.0164. The first-order chi connectivity index (χ1) is 33.3. The molecule has 2 rings (SSSR count). The third-order valence-electron chi connectivity index (χ3n) is 9.42. The van der Waals surface area contributed by atoms with Crippen LogP contribution in [0.5, 0.6) is 11.5 Å². The number of hydrogen-bond acceptors (Lipinski definition) is 15. The second-order valence-corrected chi connectivity index (χ2v) is 14.8. The zero-order valence-electron chi connectivity index (χ0n) is 39.9. The van der Waals surface area contributed by atoms with Gasteiger partial charge in [-0.05, 0) is 30.5 Å². The van der Waals surface area contributed by atoms with Gasteiger partial charge in [-0.15, -0.1) is 0 Å². The fourth-order valence-corrected chi connectivity index (χ4v) is 5.77. The maximum Gasteiger partial charge on any atom is 0.313 e. The van der Waals surface area contributed by atoms with Gasteiger partial charge in [0.1, 0.15) is 12.4 Å². The topological polar surface area (TPSA) is 146 Å². The number of carbonyl (C=O) groups is 1. The minimum absolute atomic E-state index is 0.0768. The lowest BCUT2D eigenvalue weighted by molar-refractivity contribution is -0.136. The summed E-state index contributed by atoms with van der Waals surface area (Å²) in [5.41, 5.74) is 1.36. The molecule has 0 aliphatic rings. The first-order valence-corrected chi connectivity index (χ1v) is 23.7. The van der Waals surface area contributed by atoms with Gasteiger partial charge in [0.15, 0.2) is 0 Å². The van der Waals surface area contributed by atoms with Crippen molar-refractivity contribution in [2.45, 2.75) is 64.7 Å². The van der Waals surface area contributed by atoms with Crippen LogP contribution in [-0.2, 0) is 68.1 Å². The Balaban J connectivity index is 1.18. The molecule has 0 unspecified atom stereocenters. The van der Waals surface area contributed by atoms with Crippen LogP contribution in [0.3, 0.4) is 0 Å². The van der Waals surface area contributed by atoms with E-state index in [0.717, 1.165) is 12.2 Å². The third kappa shape index (κ3) is 32.6. The van der Waals surface area contributed by atoms with Gasteiger partial charge in [0, 0.05) is 0 Å². The van der Waals surface area contributed by atoms with Crippen LogP contribution < -0.4 is 9.47 Å². The molecule has 2 aromatic carbocycles. The molecule has 0 radical (unpaired) electrons. The van der Waals surface area contributed by atoms with E-state index in [-0.39, 0.29) is 26.4 Å². The first kappa shape index (κ1) is 61.0. The molecule has 15 nitrogen and oxygen atoms in total. The number of halogens is 5. The summed E-state index contributed by atoms with van der Waals surface area (Å²) in [6.07, 6.45) is 9.90. The van der Waals surface area contributed by atoms with Gasteiger partial charge in [-0.25, -0.2) is 13.2 Å². The number of unbranched alkanes of at least 4 members (excludes halogenated alkanes) is 6. The summed E-state index contributed by atoms with van der Waals surface area (Å²) in [5.74, 6) is -13.3. The predicted molar refractivity (Wildman–Crippen MR) is 240 cm³/mol. The van der Waals surface area contributed by atoms with E-state index < -0.39 is 47.2 Å². The van der Waals surface area contributed by atoms with E-state index in [2.05, 4.69) is 23.8 Å². The van der Waals surface area contributed by atoms with E-state index in [9.17, 15) is 26.7 Å². The molecular weight excluding hydrogens is 912 g/mol. The number of hydrogen-bond donors (Lipinski definition) is 0. The van der Waals surface area contributed by atoms with Gasteiger partial charge in [-0.3, -0.25) is 4.79 Å². The van der Waals surface area contributed by atoms with Crippen molar-refractivity contribution in [3.8, 4) is 11.5 Å². The highest BCUT2D eigenvalue weighted by atomic mass is 19.2. The molecule has 0 atom stereocenters. The number of esters is 1. The van der Waals surface area contributed by atoms with Crippen molar-refractivity contribution >= 4 is 5.97 Å². The average Bonchev–Trinajstić information content (AvgIpc) is 3.34. The van der Waals surface area contributed by atoms with Crippen LogP contribution in [0.2, 0.25) is 0 Å². The molecule has 0 saturated carbocycles. The van der Waals surface area contributed by atoms with Crippen molar-refractivity contribution in [3.63, 3.8) is 0 Å². The molecule has 0 N–H and O–H groups in total. The lowest BCUT2D eigenvalue weighted by Crippen LogP contribution is -2.16. The smallest absolute Gasteiger partial charge is 0.313 e. The number of benzene rings is 2. The molecular formula is C48H75F5O15. The Hall–Kier alpha value is -3.12. The minimum atomic E-state index is -2.35. The number of ether oxygens (including phenoxy) is 14. The van der Waals surface area contributed by atoms with E-state index in [1.54, 1.807) is 0 Å². The molecule has 0 aliphatic carbocycles. The maximum atomic E-state index is 13.6. The molecule has 0 fully saturated rings. The molecule has 68 heavy (non-hydrogen) atoms. The molecule has 20 heteroatoms. The summed E-state index contributed by atoms with van der Waals surface area (Å²) >= 11 is 0. The second kappa shape index (κ2) is 43.9. The van der Waals surface area contributed by atoms with Crippen LogP contribution >= 0.6 is 0 Å². The van der Waals surface area contributed by atoms with Crippen LogP contribution in [-0.4, -0.2) is 171 Å². The van der Waals surface area contributed by atoms with Crippen LogP contribution in [0.15, 0.2) is 24.3 Å². The van der Waals surface area contributed by atoms with Crippen LogP contribution in [0.4, 0.5) is 22.0 Å². The molecule has 392 valence electrons. The van der Waals surface area contributed by atoms with Crippen molar-refractivity contribution in [2.75, 3.05) is 165 Å². The highest BCUT2D eigenvalue weighted by molar-refractivity contribution is 5.72. The Morgan fingerprint density at radius 2 is 0.662 bits per heavy atom. The van der Waals surface area contributed by atoms with E-state index in [0.29, 0.717) is 139 Å². The highest BCUT2D eigenvalue weighted by Crippen LogP contribution is 2.29. The summed E-state index contributed by atoms with van der Waals surface area (Å²) < 4.78 is 142. The molecule has 0 heterocycles. The molecule has 0 bridgehead atoms. The summed E-state index contributed by atoms with van der Waals surface area (Å²) in [6, 6.07) is 8.39. The minimum Gasteiger partial charge on any atom is -0.491 e. The molecule has 2 aromatic rings. The summed E-state index contributed by atoms with van der Waals surface area (Å²) in [6.45, 7) is 11.9. The van der Waals surface area contributed by atoms with Crippen molar-refractivity contribution < 1.29 is 93.1 Å². The fraction of sp³-hybridized carbons (Fsp3) is 0.729. The predicted octanol–water partition coefficient (Wildman–Crippen LogP) is 7.25. The van der Waals surface area contributed by atoms with E-state index in [1.807, 2.05) is 12.1 Å². The fourth-order valence-electron chi connectivity index (χ4n) is 5.77. The lowest BCUT2D eigenvalue weighted by Gasteiger charge is -2.09. The Morgan fingerprint density at radius 3 is 1.01 bits per heavy atom. The van der Waals surface area contributed by atoms with Crippen LogP contribution in [0.1, 0.15) is 63.9 Å². The van der Waals surface area contributed by atoms with Gasteiger partial charge in [0.25, 0.3) is 0 Å². The van der Waals surface area contributed by atoms with E-state index in [1.165, 1.54) is 50.5 Å². The van der Waals surface area contributed by atoms with Crippen LogP contribution in [0.25, 0.3) is 0 Å². The second-order valence-electron chi connectivity index (χ2n) is 14.8. The molecule has 0 amide bonds. The average molecular weight is 987 g/mol. The van der Waals surface area contributed by atoms with Gasteiger partial charge in [0.2, 0.25) is 34.8 Å². The Bertz CT molecular complexity index is 1470. The third-order valence-corrected chi connectivity index (χ3v) is 9.42. The highest BCUT2D eigenvalue weighted by Gasteiger charge is 2.28. The van der Waals surface area contributed by atoms with Crippen molar-refractivity contribution in [1.29, 1.82) is 0 Å². The van der Waals surface area contributed by atoms with Gasteiger partial charge < -0.3 is 66.3 Å². The van der Waals surface area contributed by atoms with Crippen molar-refractivity contribution in [2.24, 2.45) is 0 Å². The lowest BCUT2D eigenvalue weighted by atomic mass is 10.0. The van der Waals surface area contributed by atoms with Crippen LogP contribution in [0, 0.1) is 29.1 Å². The van der Waals surface area contributed by atoms with Crippen molar-refractivity contribution in [3.05, 3.63) is 58.9 Å². The van der Waals surface area contributed by atoms with Gasteiger partial charge >= 0.3 is 5.97 Å². The Morgan fingerprint density at radius 1 is 0.368 bits per heavy atom. The zero-order valence-corrected chi connectivity index (χ0v) is 39.9. The Kier molecular flexibility index (Phi) is 39.4. The number of aryl methyl sites for hydroxylation is 1. The van der Waals surface area contributed by atoms with Crippen molar-refractivity contribution in [1.82, 2.24) is 0 Å². The Labute approximate surface area is 398 Å². The largest absolute Gasteiger partial charge is 0.491 e. The standard InChI is InChI=1S/C48H75F5O15/c1-2-3-4-5-6-7-8-9-40-10-12-41(13-11-40)67-39-38-66-37-36-65-35-34-64-33-32-63-31-30-62-29-28-61-27-26-60-25-24-59-23-22-58-21-20-57-19-18-56-17-16-55-15-14-42(54)68-48-46(52)44(50)43(49)45(51)47(48)53/h10-13H,2-9,14-39H2,1H3. The zero-order chi connectivity index (χ0) is 49.0. The molecule has 0 spiro atoms. The van der Waals surface area contributed by atoms with Gasteiger partial charge in [-0.1, -0.05) is 57.6 Å². The number of carbonyl (C=O) groups excluding carboxylic acids is 1. The summed E-state index contributed by atoms with van der Waals surface area (Å²) in [4.78, 5) is 11.7.